The van der Waals surface area contributed by atoms with E-state index in [1.807, 2.05) is 0 Å². The average Bonchev–Trinajstić information content (AvgIpc) is 2.85. The summed E-state index contributed by atoms with van der Waals surface area (Å²) in [5.74, 6) is 0.204. The summed E-state index contributed by atoms with van der Waals surface area (Å²) in [6.45, 7) is 10.5. The Morgan fingerprint density at radius 1 is 1.41 bits per heavy atom. The number of nitrogens with zero attached hydrogens (tertiary/aromatic N) is 1. The van der Waals surface area contributed by atoms with Crippen LogP contribution in [0.25, 0.3) is 0 Å². The molecule has 2 heterocycles. The minimum Gasteiger partial charge on any atom is -0.380 e. The third-order valence-corrected chi connectivity index (χ3v) is 5.54. The summed E-state index contributed by atoms with van der Waals surface area (Å²) >= 11 is 0. The first-order chi connectivity index (χ1) is 10.5. The van der Waals surface area contributed by atoms with Crippen LogP contribution >= 0.6 is 0 Å². The van der Waals surface area contributed by atoms with Gasteiger partial charge in [0, 0.05) is 6.04 Å². The smallest absolute Gasteiger partial charge is 0.249 e. The van der Waals surface area contributed by atoms with Crippen LogP contribution in [0.4, 0.5) is 5.69 Å². The van der Waals surface area contributed by atoms with Crippen LogP contribution in [-0.2, 0) is 17.6 Å². The number of anilines is 1. The minimum absolute atomic E-state index is 0.106. The number of carbonyl (C=O) groups excluding carboxylic acids is 1. The van der Waals surface area contributed by atoms with E-state index in [-0.39, 0.29) is 23.4 Å². The highest BCUT2D eigenvalue weighted by molar-refractivity contribution is 6.01. The summed E-state index contributed by atoms with van der Waals surface area (Å²) in [5.41, 5.74) is 3.94. The van der Waals surface area contributed by atoms with Crippen molar-refractivity contribution in [1.82, 2.24) is 5.32 Å². The van der Waals surface area contributed by atoms with Crippen molar-refractivity contribution in [1.29, 1.82) is 0 Å². The largest absolute Gasteiger partial charge is 0.380 e. The number of benzene rings is 1. The second-order valence-electron chi connectivity index (χ2n) is 7.16. The van der Waals surface area contributed by atoms with Gasteiger partial charge in [0.25, 0.3) is 0 Å². The number of amides is 1. The van der Waals surface area contributed by atoms with E-state index >= 15 is 0 Å². The molecule has 0 spiro atoms. The van der Waals surface area contributed by atoms with Crippen molar-refractivity contribution >= 4 is 11.6 Å². The predicted octanol–water partition coefficient (Wildman–Crippen LogP) is 3.43. The van der Waals surface area contributed by atoms with E-state index in [9.17, 15) is 4.79 Å². The highest BCUT2D eigenvalue weighted by Gasteiger charge is 2.45. The fraction of sp³-hybridized carbons (Fsp3) is 0.526. The molecule has 2 atom stereocenters. The summed E-state index contributed by atoms with van der Waals surface area (Å²) in [7, 11) is 0. The van der Waals surface area contributed by atoms with Gasteiger partial charge in [-0.2, -0.15) is 0 Å². The van der Waals surface area contributed by atoms with E-state index in [2.05, 4.69) is 55.8 Å². The Bertz CT molecular complexity index is 605. The van der Waals surface area contributed by atoms with E-state index in [0.717, 1.165) is 25.7 Å². The third-order valence-electron chi connectivity index (χ3n) is 5.54. The minimum atomic E-state index is -0.161. The average molecular weight is 298 g/mol. The summed E-state index contributed by atoms with van der Waals surface area (Å²) in [6, 6.07) is 6.58. The molecule has 2 aliphatic heterocycles. The molecule has 2 unspecified atom stereocenters. The molecule has 1 aromatic carbocycles. The summed E-state index contributed by atoms with van der Waals surface area (Å²) in [6.07, 6.45) is 5.45. The molecule has 2 aliphatic rings. The fourth-order valence-electron chi connectivity index (χ4n) is 3.79. The van der Waals surface area contributed by atoms with Crippen molar-refractivity contribution in [3.8, 4) is 0 Å². The number of nitrogens with one attached hydrogen (secondary N) is 1. The number of hydrogen-bond donors (Lipinski definition) is 1. The lowest BCUT2D eigenvalue weighted by molar-refractivity contribution is -0.121. The van der Waals surface area contributed by atoms with E-state index < -0.39 is 0 Å². The molecule has 3 rings (SSSR count). The lowest BCUT2D eigenvalue weighted by atomic mass is 9.79. The van der Waals surface area contributed by atoms with Gasteiger partial charge in [0.15, 0.2) is 0 Å². The van der Waals surface area contributed by atoms with E-state index in [4.69, 9.17) is 0 Å². The van der Waals surface area contributed by atoms with Crippen LogP contribution in [0.1, 0.15) is 44.7 Å². The molecule has 118 valence electrons. The number of hydrogen-bond acceptors (Lipinski definition) is 2. The van der Waals surface area contributed by atoms with E-state index in [1.54, 1.807) is 6.20 Å². The van der Waals surface area contributed by atoms with E-state index in [0.29, 0.717) is 0 Å². The highest BCUT2D eigenvalue weighted by atomic mass is 16.2. The quantitative estimate of drug-likeness (QED) is 0.923. The van der Waals surface area contributed by atoms with Crippen LogP contribution in [0, 0.1) is 5.41 Å². The number of carbonyl (C=O) groups is 1. The molecule has 0 bridgehead atoms. The molecule has 0 fully saturated rings. The lowest BCUT2D eigenvalue weighted by Crippen LogP contribution is -2.52. The topological polar surface area (TPSA) is 32.3 Å². The van der Waals surface area contributed by atoms with Gasteiger partial charge in [-0.25, -0.2) is 0 Å². The second kappa shape index (κ2) is 5.45. The maximum atomic E-state index is 13.2. The molecule has 0 saturated heterocycles. The second-order valence-corrected chi connectivity index (χ2v) is 7.16. The lowest BCUT2D eigenvalue weighted by Gasteiger charge is -2.38. The van der Waals surface area contributed by atoms with Crippen molar-refractivity contribution in [3.63, 3.8) is 0 Å². The molecular weight excluding hydrogens is 272 g/mol. The SMILES string of the molecule is C=CNC1CCc2cccc3c2N(C1=O)C(C(C)(C)CC)C3. The Labute approximate surface area is 133 Å². The molecule has 1 amide bonds. The Balaban J connectivity index is 2.09. The Hall–Kier alpha value is -1.77. The molecule has 0 aliphatic carbocycles. The van der Waals surface area contributed by atoms with Gasteiger partial charge in [-0.3, -0.25) is 4.79 Å². The molecule has 3 heteroatoms. The highest BCUT2D eigenvalue weighted by Crippen LogP contribution is 2.45. The van der Waals surface area contributed by atoms with Gasteiger partial charge in [-0.15, -0.1) is 0 Å². The maximum absolute atomic E-state index is 13.2. The van der Waals surface area contributed by atoms with Crippen molar-refractivity contribution in [3.05, 3.63) is 42.1 Å². The van der Waals surface area contributed by atoms with Crippen LogP contribution < -0.4 is 10.2 Å². The first-order valence-electron chi connectivity index (χ1n) is 8.30. The van der Waals surface area contributed by atoms with Crippen molar-refractivity contribution in [2.24, 2.45) is 5.41 Å². The molecule has 0 radical (unpaired) electrons. The van der Waals surface area contributed by atoms with Crippen molar-refractivity contribution in [2.45, 2.75) is 58.5 Å². The van der Waals surface area contributed by atoms with E-state index in [1.165, 1.54) is 16.8 Å². The molecule has 1 N–H and O–H groups in total. The van der Waals surface area contributed by atoms with Gasteiger partial charge >= 0.3 is 0 Å². The maximum Gasteiger partial charge on any atom is 0.249 e. The zero-order chi connectivity index (χ0) is 15.9. The van der Waals surface area contributed by atoms with Crippen LogP contribution in [0.5, 0.6) is 0 Å². The number of rotatable bonds is 4. The molecule has 0 saturated carbocycles. The first-order valence-corrected chi connectivity index (χ1v) is 8.30. The summed E-state index contributed by atoms with van der Waals surface area (Å²) in [4.78, 5) is 15.3. The van der Waals surface area contributed by atoms with Crippen LogP contribution in [-0.4, -0.2) is 18.0 Å². The Morgan fingerprint density at radius 2 is 2.14 bits per heavy atom. The molecule has 1 aromatic rings. The van der Waals surface area contributed by atoms with Crippen LogP contribution in [0.3, 0.4) is 0 Å². The Morgan fingerprint density at radius 3 is 2.82 bits per heavy atom. The van der Waals surface area contributed by atoms with Crippen molar-refractivity contribution in [2.75, 3.05) is 4.90 Å². The van der Waals surface area contributed by atoms with Gasteiger partial charge < -0.3 is 10.2 Å². The standard InChI is InChI=1S/C19H26N2O/c1-5-19(3,4)16-12-14-9-7-8-13-10-11-15(20-6-2)18(22)21(16)17(13)14/h6-9,15-16,20H,2,5,10-12H2,1,3-4H3. The van der Waals surface area contributed by atoms with Gasteiger partial charge in [0.05, 0.1) is 5.69 Å². The zero-order valence-electron chi connectivity index (χ0n) is 13.9. The number of aryl methyl sites for hydroxylation is 1. The Kier molecular flexibility index (Phi) is 3.75. The number of para-hydroxylation sites is 1. The van der Waals surface area contributed by atoms with Crippen molar-refractivity contribution < 1.29 is 4.79 Å². The normalized spacial score (nSPS) is 24.0. The predicted molar refractivity (Wildman–Crippen MR) is 90.9 cm³/mol. The molecule has 3 nitrogen and oxygen atoms in total. The van der Waals surface area contributed by atoms with Gasteiger partial charge in [0.1, 0.15) is 6.04 Å². The van der Waals surface area contributed by atoms with Crippen LogP contribution in [0.15, 0.2) is 31.0 Å². The third kappa shape index (κ3) is 2.23. The molecule has 22 heavy (non-hydrogen) atoms. The first kappa shape index (κ1) is 15.1. The summed E-state index contributed by atoms with van der Waals surface area (Å²) < 4.78 is 0. The zero-order valence-corrected chi connectivity index (χ0v) is 13.9. The van der Waals surface area contributed by atoms with Crippen LogP contribution in [0.2, 0.25) is 0 Å². The molecular formula is C19H26N2O. The van der Waals surface area contributed by atoms with Gasteiger partial charge in [0.2, 0.25) is 5.91 Å². The monoisotopic (exact) mass is 298 g/mol. The van der Waals surface area contributed by atoms with Gasteiger partial charge in [-0.05, 0) is 48.4 Å². The summed E-state index contributed by atoms with van der Waals surface area (Å²) in [5, 5.41) is 3.16. The fourth-order valence-corrected chi connectivity index (χ4v) is 3.79. The van der Waals surface area contributed by atoms with Gasteiger partial charge in [-0.1, -0.05) is 45.5 Å². The molecule has 0 aromatic heterocycles.